The summed E-state index contributed by atoms with van der Waals surface area (Å²) in [6.45, 7) is 5.84. The van der Waals surface area contributed by atoms with Crippen molar-refractivity contribution in [1.82, 2.24) is 0 Å². The summed E-state index contributed by atoms with van der Waals surface area (Å²) in [5.41, 5.74) is -0.581. The van der Waals surface area contributed by atoms with Crippen LogP contribution in [0.15, 0.2) is 11.6 Å². The number of rotatable bonds is 1. The van der Waals surface area contributed by atoms with E-state index in [4.69, 9.17) is 0 Å². The third-order valence-electron chi connectivity index (χ3n) is 8.72. The van der Waals surface area contributed by atoms with Crippen molar-refractivity contribution in [3.8, 4) is 0 Å². The second-order valence-electron chi connectivity index (χ2n) is 9.53. The molecule has 0 aliphatic heterocycles. The van der Waals surface area contributed by atoms with Crippen molar-refractivity contribution in [1.29, 1.82) is 0 Å². The van der Waals surface area contributed by atoms with Gasteiger partial charge in [0.2, 0.25) is 0 Å². The van der Waals surface area contributed by atoms with Crippen LogP contribution in [-0.4, -0.2) is 33.5 Å². The molecular formula is C21H30O4. The summed E-state index contributed by atoms with van der Waals surface area (Å²) in [7, 11) is 0. The Morgan fingerprint density at radius 3 is 2.52 bits per heavy atom. The zero-order valence-corrected chi connectivity index (χ0v) is 15.5. The van der Waals surface area contributed by atoms with Gasteiger partial charge in [0.1, 0.15) is 5.60 Å². The summed E-state index contributed by atoms with van der Waals surface area (Å²) in [6, 6.07) is 0. The average molecular weight is 346 g/mol. The number of fused-ring (bicyclic) bond motifs is 5. The van der Waals surface area contributed by atoms with E-state index in [1.54, 1.807) is 6.08 Å². The molecule has 2 N–H and O–H groups in total. The first-order valence-corrected chi connectivity index (χ1v) is 9.79. The maximum atomic E-state index is 12.2. The molecule has 3 fully saturated rings. The van der Waals surface area contributed by atoms with E-state index in [9.17, 15) is 19.8 Å². The van der Waals surface area contributed by atoms with Crippen LogP contribution in [0.1, 0.15) is 65.7 Å². The standard InChI is InChI=1S/C21H30O4/c1-12(22)21(25)9-6-16-18-15(5-8-20(16,21)3)19(2)7-4-14(23)10-13(19)11-17(18)24/h10,15-18,24-25H,4-9,11H2,1-3H3. The molecule has 7 atom stereocenters. The van der Waals surface area contributed by atoms with Gasteiger partial charge in [0.15, 0.2) is 11.6 Å². The number of aliphatic hydroxyl groups excluding tert-OH is 1. The second kappa shape index (κ2) is 5.26. The van der Waals surface area contributed by atoms with Crippen LogP contribution < -0.4 is 0 Å². The summed E-state index contributed by atoms with van der Waals surface area (Å²) in [4.78, 5) is 24.1. The fraction of sp³-hybridized carbons (Fsp3) is 0.810. The van der Waals surface area contributed by atoms with Crippen LogP contribution in [0.4, 0.5) is 0 Å². The molecule has 0 aromatic heterocycles. The molecule has 0 saturated heterocycles. The van der Waals surface area contributed by atoms with Crippen molar-refractivity contribution in [2.24, 2.45) is 28.6 Å². The smallest absolute Gasteiger partial charge is 0.161 e. The van der Waals surface area contributed by atoms with Crippen LogP contribution in [0.3, 0.4) is 0 Å². The van der Waals surface area contributed by atoms with E-state index in [1.165, 1.54) is 6.92 Å². The SMILES string of the molecule is CC(=O)C1(O)CCC2C3C(O)CC4=CC(=O)CCC4(C)C3CCC21C. The van der Waals surface area contributed by atoms with Crippen LogP contribution in [0.25, 0.3) is 0 Å². The third kappa shape index (κ3) is 2.07. The molecule has 4 heteroatoms. The first kappa shape index (κ1) is 17.4. The second-order valence-corrected chi connectivity index (χ2v) is 9.53. The van der Waals surface area contributed by atoms with Crippen molar-refractivity contribution in [3.63, 3.8) is 0 Å². The molecule has 4 rings (SSSR count). The molecular weight excluding hydrogens is 316 g/mol. The summed E-state index contributed by atoms with van der Waals surface area (Å²) in [5, 5.41) is 22.1. The van der Waals surface area contributed by atoms with Gasteiger partial charge in [-0.15, -0.1) is 0 Å². The lowest BCUT2D eigenvalue weighted by molar-refractivity contribution is -0.168. The van der Waals surface area contributed by atoms with Crippen molar-refractivity contribution in [3.05, 3.63) is 11.6 Å². The van der Waals surface area contributed by atoms with Gasteiger partial charge in [-0.1, -0.05) is 19.4 Å². The summed E-state index contributed by atoms with van der Waals surface area (Å²) < 4.78 is 0. The quantitative estimate of drug-likeness (QED) is 0.766. The Morgan fingerprint density at radius 1 is 1.16 bits per heavy atom. The van der Waals surface area contributed by atoms with Gasteiger partial charge < -0.3 is 10.2 Å². The van der Waals surface area contributed by atoms with Gasteiger partial charge in [-0.2, -0.15) is 0 Å². The van der Waals surface area contributed by atoms with E-state index in [2.05, 4.69) is 13.8 Å². The molecule has 4 nitrogen and oxygen atoms in total. The van der Waals surface area contributed by atoms with Crippen LogP contribution in [-0.2, 0) is 9.59 Å². The Morgan fingerprint density at radius 2 is 1.84 bits per heavy atom. The largest absolute Gasteiger partial charge is 0.392 e. The molecule has 0 spiro atoms. The summed E-state index contributed by atoms with van der Waals surface area (Å²) in [5.74, 6) is 0.679. The topological polar surface area (TPSA) is 74.6 Å². The zero-order valence-electron chi connectivity index (χ0n) is 15.5. The van der Waals surface area contributed by atoms with Crippen LogP contribution >= 0.6 is 0 Å². The highest BCUT2D eigenvalue weighted by atomic mass is 16.3. The van der Waals surface area contributed by atoms with Gasteiger partial charge >= 0.3 is 0 Å². The van der Waals surface area contributed by atoms with Gasteiger partial charge in [-0.3, -0.25) is 9.59 Å². The monoisotopic (exact) mass is 346 g/mol. The third-order valence-corrected chi connectivity index (χ3v) is 8.72. The van der Waals surface area contributed by atoms with Crippen molar-refractivity contribution < 1.29 is 19.8 Å². The number of aliphatic hydroxyl groups is 2. The molecule has 7 unspecified atom stereocenters. The maximum Gasteiger partial charge on any atom is 0.161 e. The van der Waals surface area contributed by atoms with Crippen molar-refractivity contribution >= 4 is 11.6 Å². The normalized spacial score (nSPS) is 52.0. The molecule has 25 heavy (non-hydrogen) atoms. The first-order chi connectivity index (χ1) is 11.6. The Bertz CT molecular complexity index is 667. The summed E-state index contributed by atoms with van der Waals surface area (Å²) >= 11 is 0. The summed E-state index contributed by atoms with van der Waals surface area (Å²) in [6.07, 6.45) is 6.38. The Kier molecular flexibility index (Phi) is 3.66. The lowest BCUT2D eigenvalue weighted by Crippen LogP contribution is -2.59. The Labute approximate surface area is 149 Å². The molecule has 0 aromatic rings. The fourth-order valence-electron chi connectivity index (χ4n) is 7.12. The van der Waals surface area contributed by atoms with Gasteiger partial charge in [-0.05, 0) is 74.7 Å². The number of hydrogen-bond acceptors (Lipinski definition) is 4. The van der Waals surface area contributed by atoms with Gasteiger partial charge in [-0.25, -0.2) is 0 Å². The van der Waals surface area contributed by atoms with E-state index in [-0.39, 0.29) is 28.8 Å². The number of carbonyl (C=O) groups excluding carboxylic acids is 2. The predicted octanol–water partition coefficient (Wildman–Crippen LogP) is 2.81. The zero-order chi connectivity index (χ0) is 18.2. The minimum atomic E-state index is -1.25. The maximum absolute atomic E-state index is 12.2. The van der Waals surface area contributed by atoms with Crippen LogP contribution in [0.5, 0.6) is 0 Å². The highest BCUT2D eigenvalue weighted by Crippen LogP contribution is 2.67. The van der Waals surface area contributed by atoms with E-state index in [0.717, 1.165) is 31.3 Å². The first-order valence-electron chi connectivity index (χ1n) is 9.79. The Hall–Kier alpha value is -1.00. The molecule has 4 aliphatic carbocycles. The number of Topliss-reactive ketones (excluding diaryl/α,β-unsaturated/α-hetero) is 1. The fourth-order valence-corrected chi connectivity index (χ4v) is 7.12. The average Bonchev–Trinajstić information content (AvgIpc) is 2.82. The van der Waals surface area contributed by atoms with Gasteiger partial charge in [0, 0.05) is 11.8 Å². The molecule has 3 saturated carbocycles. The van der Waals surface area contributed by atoms with Crippen molar-refractivity contribution in [2.75, 3.05) is 0 Å². The molecule has 0 bridgehead atoms. The minimum absolute atomic E-state index is 0.0178. The molecule has 0 amide bonds. The van der Waals surface area contributed by atoms with E-state index in [1.807, 2.05) is 0 Å². The number of hydrogen-bond donors (Lipinski definition) is 2. The number of carbonyl (C=O) groups is 2. The molecule has 4 aliphatic rings. The Balaban J connectivity index is 1.74. The van der Waals surface area contributed by atoms with Gasteiger partial charge in [0.05, 0.1) is 6.10 Å². The molecule has 0 aromatic carbocycles. The molecule has 0 heterocycles. The van der Waals surface area contributed by atoms with Gasteiger partial charge in [0.25, 0.3) is 0 Å². The predicted molar refractivity (Wildman–Crippen MR) is 93.7 cm³/mol. The van der Waals surface area contributed by atoms with E-state index >= 15 is 0 Å². The highest BCUT2D eigenvalue weighted by Gasteiger charge is 2.66. The van der Waals surface area contributed by atoms with Crippen molar-refractivity contribution in [2.45, 2.75) is 77.4 Å². The van der Waals surface area contributed by atoms with E-state index in [0.29, 0.717) is 25.2 Å². The highest BCUT2D eigenvalue weighted by molar-refractivity contribution is 5.91. The minimum Gasteiger partial charge on any atom is -0.392 e. The van der Waals surface area contributed by atoms with E-state index < -0.39 is 17.1 Å². The lowest BCUT2D eigenvalue weighted by Gasteiger charge is -2.60. The number of ketones is 2. The molecule has 0 radical (unpaired) electrons. The van der Waals surface area contributed by atoms with Crippen LogP contribution in [0, 0.1) is 28.6 Å². The van der Waals surface area contributed by atoms with Crippen LogP contribution in [0.2, 0.25) is 0 Å². The lowest BCUT2D eigenvalue weighted by atomic mass is 9.45. The molecule has 138 valence electrons.